The zero-order chi connectivity index (χ0) is 19.0. The molecule has 4 nitrogen and oxygen atoms in total. The van der Waals surface area contributed by atoms with E-state index in [2.05, 4.69) is 26.1 Å². The molecule has 1 aliphatic rings. The lowest BCUT2D eigenvalue weighted by molar-refractivity contribution is -0.138. The second-order valence-electron chi connectivity index (χ2n) is 8.10. The SMILES string of the molecule is CCCCCC(Nc1ccc(OC(C)(C)C2CCCCC2)cc1)C(=O)O. The summed E-state index contributed by atoms with van der Waals surface area (Å²) in [6.45, 7) is 6.49. The van der Waals surface area contributed by atoms with Gasteiger partial charge in [0.2, 0.25) is 0 Å². The minimum absolute atomic E-state index is 0.168. The van der Waals surface area contributed by atoms with Gasteiger partial charge in [-0.15, -0.1) is 0 Å². The third-order valence-corrected chi connectivity index (χ3v) is 5.56. The molecule has 1 aromatic rings. The summed E-state index contributed by atoms with van der Waals surface area (Å²) in [5.74, 6) is 0.660. The molecule has 0 radical (unpaired) electrons. The van der Waals surface area contributed by atoms with Gasteiger partial charge in [0, 0.05) is 5.69 Å². The van der Waals surface area contributed by atoms with Crippen LogP contribution < -0.4 is 10.1 Å². The van der Waals surface area contributed by atoms with Gasteiger partial charge in [0.05, 0.1) is 0 Å². The zero-order valence-corrected chi connectivity index (χ0v) is 16.6. The highest BCUT2D eigenvalue weighted by molar-refractivity contribution is 5.77. The number of aliphatic carboxylic acids is 1. The van der Waals surface area contributed by atoms with Gasteiger partial charge in [0.1, 0.15) is 17.4 Å². The Morgan fingerprint density at radius 1 is 1.19 bits per heavy atom. The summed E-state index contributed by atoms with van der Waals surface area (Å²) in [7, 11) is 0. The molecule has 0 aromatic heterocycles. The predicted octanol–water partition coefficient (Wildman–Crippen LogP) is 5.87. The van der Waals surface area contributed by atoms with E-state index in [4.69, 9.17) is 4.74 Å². The molecule has 1 saturated carbocycles. The first kappa shape index (κ1) is 20.6. The maximum absolute atomic E-state index is 11.4. The van der Waals surface area contributed by atoms with Crippen molar-refractivity contribution in [3.05, 3.63) is 24.3 Å². The molecule has 146 valence electrons. The molecule has 0 spiro atoms. The number of carboxylic acids is 1. The molecule has 0 amide bonds. The molecular weight excluding hydrogens is 326 g/mol. The Bertz CT molecular complexity index is 547. The highest BCUT2D eigenvalue weighted by Crippen LogP contribution is 2.35. The average molecular weight is 362 g/mol. The third kappa shape index (κ3) is 6.22. The number of ether oxygens (including phenoxy) is 1. The summed E-state index contributed by atoms with van der Waals surface area (Å²) >= 11 is 0. The molecule has 0 aliphatic heterocycles. The summed E-state index contributed by atoms with van der Waals surface area (Å²) in [5.41, 5.74) is 0.663. The van der Waals surface area contributed by atoms with E-state index in [9.17, 15) is 9.90 Å². The fourth-order valence-electron chi connectivity index (χ4n) is 3.86. The number of benzene rings is 1. The number of carbonyl (C=O) groups is 1. The van der Waals surface area contributed by atoms with Crippen LogP contribution in [0.5, 0.6) is 5.75 Å². The molecule has 26 heavy (non-hydrogen) atoms. The van der Waals surface area contributed by atoms with Crippen LogP contribution in [0.25, 0.3) is 0 Å². The summed E-state index contributed by atoms with van der Waals surface area (Å²) in [4.78, 5) is 11.4. The maximum Gasteiger partial charge on any atom is 0.326 e. The normalized spacial score (nSPS) is 16.9. The molecule has 1 aromatic carbocycles. The average Bonchev–Trinajstić information content (AvgIpc) is 2.63. The first-order valence-electron chi connectivity index (χ1n) is 10.2. The minimum atomic E-state index is -0.792. The first-order valence-corrected chi connectivity index (χ1v) is 10.2. The summed E-state index contributed by atoms with van der Waals surface area (Å²) < 4.78 is 6.28. The van der Waals surface area contributed by atoms with Crippen molar-refractivity contribution in [1.29, 1.82) is 0 Å². The second kappa shape index (κ2) is 9.84. The molecule has 1 unspecified atom stereocenters. The van der Waals surface area contributed by atoms with Gasteiger partial charge in [0.15, 0.2) is 0 Å². The van der Waals surface area contributed by atoms with Gasteiger partial charge in [-0.3, -0.25) is 0 Å². The van der Waals surface area contributed by atoms with Gasteiger partial charge in [0.25, 0.3) is 0 Å². The van der Waals surface area contributed by atoms with E-state index in [1.54, 1.807) is 0 Å². The van der Waals surface area contributed by atoms with Crippen LogP contribution in [-0.4, -0.2) is 22.7 Å². The standard InChI is InChI=1S/C22H35NO3/c1-4-5-7-12-20(21(24)25)23-18-13-15-19(16-14-18)26-22(2,3)17-10-8-6-9-11-17/h13-17,20,23H,4-12H2,1-3H3,(H,24,25). The molecule has 2 rings (SSSR count). The minimum Gasteiger partial charge on any atom is -0.488 e. The molecule has 2 N–H and O–H groups in total. The molecule has 1 fully saturated rings. The molecular formula is C22H35NO3. The Hall–Kier alpha value is -1.71. The van der Waals surface area contributed by atoms with Gasteiger partial charge in [-0.05, 0) is 63.3 Å². The summed E-state index contributed by atoms with van der Waals surface area (Å²) in [6, 6.07) is 7.19. The molecule has 0 saturated heterocycles. The van der Waals surface area contributed by atoms with E-state index in [1.165, 1.54) is 32.1 Å². The second-order valence-corrected chi connectivity index (χ2v) is 8.10. The third-order valence-electron chi connectivity index (χ3n) is 5.56. The van der Waals surface area contributed by atoms with E-state index in [0.717, 1.165) is 30.7 Å². The van der Waals surface area contributed by atoms with Crippen LogP contribution >= 0.6 is 0 Å². The Morgan fingerprint density at radius 3 is 2.42 bits per heavy atom. The lowest BCUT2D eigenvalue weighted by Gasteiger charge is -2.37. The zero-order valence-electron chi connectivity index (χ0n) is 16.6. The van der Waals surface area contributed by atoms with Crippen molar-refractivity contribution in [2.45, 2.75) is 90.2 Å². The Morgan fingerprint density at radius 2 is 1.85 bits per heavy atom. The fourth-order valence-corrected chi connectivity index (χ4v) is 3.86. The van der Waals surface area contributed by atoms with Gasteiger partial charge in [-0.25, -0.2) is 4.79 Å². The Balaban J connectivity index is 1.92. The van der Waals surface area contributed by atoms with Crippen molar-refractivity contribution in [3.8, 4) is 5.75 Å². The summed E-state index contributed by atoms with van der Waals surface area (Å²) in [5, 5.41) is 12.5. The number of hydrogen-bond acceptors (Lipinski definition) is 3. The molecule has 0 heterocycles. The number of unbranched alkanes of at least 4 members (excludes halogenated alkanes) is 2. The van der Waals surface area contributed by atoms with Crippen LogP contribution in [0, 0.1) is 5.92 Å². The number of rotatable bonds is 10. The fraction of sp³-hybridized carbons (Fsp3) is 0.682. The van der Waals surface area contributed by atoms with Gasteiger partial charge >= 0.3 is 5.97 Å². The van der Waals surface area contributed by atoms with Crippen molar-refractivity contribution in [3.63, 3.8) is 0 Å². The lowest BCUT2D eigenvalue weighted by atomic mass is 9.79. The van der Waals surface area contributed by atoms with E-state index in [0.29, 0.717) is 12.3 Å². The highest BCUT2D eigenvalue weighted by Gasteiger charge is 2.32. The summed E-state index contributed by atoms with van der Waals surface area (Å²) in [6.07, 6.45) is 10.2. The lowest BCUT2D eigenvalue weighted by Crippen LogP contribution is -2.38. The van der Waals surface area contributed by atoms with Crippen LogP contribution in [0.15, 0.2) is 24.3 Å². The van der Waals surface area contributed by atoms with Crippen molar-refractivity contribution in [1.82, 2.24) is 0 Å². The Kier molecular flexibility index (Phi) is 7.80. The predicted molar refractivity (Wildman–Crippen MR) is 107 cm³/mol. The first-order chi connectivity index (χ1) is 12.4. The molecule has 0 bridgehead atoms. The van der Waals surface area contributed by atoms with Crippen molar-refractivity contribution in [2.24, 2.45) is 5.92 Å². The van der Waals surface area contributed by atoms with E-state index < -0.39 is 12.0 Å². The molecule has 1 atom stereocenters. The van der Waals surface area contributed by atoms with Gasteiger partial charge < -0.3 is 15.2 Å². The number of anilines is 1. The van der Waals surface area contributed by atoms with Crippen molar-refractivity contribution < 1.29 is 14.6 Å². The van der Waals surface area contributed by atoms with Crippen molar-refractivity contribution in [2.75, 3.05) is 5.32 Å². The van der Waals surface area contributed by atoms with E-state index >= 15 is 0 Å². The quantitative estimate of drug-likeness (QED) is 0.512. The monoisotopic (exact) mass is 361 g/mol. The topological polar surface area (TPSA) is 58.6 Å². The van der Waals surface area contributed by atoms with Crippen LogP contribution in [0.1, 0.15) is 78.6 Å². The highest BCUT2D eigenvalue weighted by atomic mass is 16.5. The molecule has 1 aliphatic carbocycles. The van der Waals surface area contributed by atoms with Gasteiger partial charge in [-0.2, -0.15) is 0 Å². The van der Waals surface area contributed by atoms with E-state index in [1.807, 2.05) is 24.3 Å². The van der Waals surface area contributed by atoms with Gasteiger partial charge in [-0.1, -0.05) is 45.4 Å². The van der Waals surface area contributed by atoms with Crippen LogP contribution in [0.4, 0.5) is 5.69 Å². The Labute approximate surface area is 158 Å². The largest absolute Gasteiger partial charge is 0.488 e. The van der Waals surface area contributed by atoms with Crippen LogP contribution in [0.2, 0.25) is 0 Å². The number of carboxylic acid groups (broad SMARTS) is 1. The van der Waals surface area contributed by atoms with Crippen molar-refractivity contribution >= 4 is 11.7 Å². The van der Waals surface area contributed by atoms with Crippen LogP contribution in [0.3, 0.4) is 0 Å². The maximum atomic E-state index is 11.4. The smallest absolute Gasteiger partial charge is 0.326 e. The number of nitrogens with one attached hydrogen (secondary N) is 1. The number of hydrogen-bond donors (Lipinski definition) is 2. The van der Waals surface area contributed by atoms with E-state index in [-0.39, 0.29) is 5.60 Å². The molecule has 4 heteroatoms. The van der Waals surface area contributed by atoms with Crippen LogP contribution in [-0.2, 0) is 4.79 Å².